The van der Waals surface area contributed by atoms with Gasteiger partial charge in [-0.2, -0.15) is 0 Å². The first kappa shape index (κ1) is 19.4. The number of aryl methyl sites for hydroxylation is 1. The van der Waals surface area contributed by atoms with Crippen molar-refractivity contribution in [3.05, 3.63) is 63.9 Å². The number of rotatable bonds is 5. The molecule has 1 atom stereocenters. The monoisotopic (exact) mass is 360 g/mol. The third-order valence-corrected chi connectivity index (χ3v) is 4.33. The summed E-state index contributed by atoms with van der Waals surface area (Å²) in [7, 11) is 0. The van der Waals surface area contributed by atoms with E-state index in [4.69, 9.17) is 11.6 Å². The zero-order valence-electron chi connectivity index (χ0n) is 15.1. The zero-order valence-corrected chi connectivity index (χ0v) is 15.9. The average Bonchev–Trinajstić information content (AvgIpc) is 2.54. The van der Waals surface area contributed by atoms with Crippen LogP contribution in [-0.4, -0.2) is 22.5 Å². The van der Waals surface area contributed by atoms with Gasteiger partial charge in [-0.1, -0.05) is 44.5 Å². The maximum absolute atomic E-state index is 12.5. The number of aliphatic hydroxyl groups is 1. The van der Waals surface area contributed by atoms with Crippen molar-refractivity contribution < 1.29 is 9.90 Å². The molecule has 0 unspecified atom stereocenters. The Balaban J connectivity index is 1.97. The van der Waals surface area contributed by atoms with E-state index in [2.05, 4.69) is 31.1 Å². The van der Waals surface area contributed by atoms with E-state index in [1.165, 1.54) is 0 Å². The molecule has 1 aromatic heterocycles. The number of nitrogens with zero attached hydrogens (tertiary/aromatic N) is 1. The van der Waals surface area contributed by atoms with Crippen LogP contribution >= 0.6 is 11.6 Å². The molecule has 0 saturated heterocycles. The van der Waals surface area contributed by atoms with Crippen molar-refractivity contribution in [3.63, 3.8) is 0 Å². The van der Waals surface area contributed by atoms with Crippen LogP contribution < -0.4 is 5.32 Å². The van der Waals surface area contributed by atoms with E-state index in [-0.39, 0.29) is 11.3 Å². The number of hydrogen-bond donors (Lipinski definition) is 2. The Hall–Kier alpha value is -1.91. The van der Waals surface area contributed by atoms with Crippen LogP contribution in [0, 0.1) is 6.92 Å². The van der Waals surface area contributed by atoms with Gasteiger partial charge in [0, 0.05) is 34.4 Å². The summed E-state index contributed by atoms with van der Waals surface area (Å²) >= 11 is 5.85. The molecule has 0 fully saturated rings. The number of halogens is 1. The SMILES string of the molecule is Cc1cnc(C(C)(C)C)cc1C(=O)NCC[C@@H](O)c1ccc(Cl)cc1. The Labute approximate surface area is 154 Å². The van der Waals surface area contributed by atoms with Crippen molar-refractivity contribution in [1.82, 2.24) is 10.3 Å². The molecule has 5 heteroatoms. The molecule has 1 aromatic carbocycles. The summed E-state index contributed by atoms with van der Waals surface area (Å²) in [6.45, 7) is 8.45. The van der Waals surface area contributed by atoms with Crippen molar-refractivity contribution in [2.24, 2.45) is 0 Å². The second-order valence-electron chi connectivity index (χ2n) is 7.25. The molecule has 25 heavy (non-hydrogen) atoms. The molecule has 134 valence electrons. The summed E-state index contributed by atoms with van der Waals surface area (Å²) in [6.07, 6.45) is 1.53. The predicted molar refractivity (Wildman–Crippen MR) is 101 cm³/mol. The first-order chi connectivity index (χ1) is 11.7. The van der Waals surface area contributed by atoms with Gasteiger partial charge in [-0.05, 0) is 42.7 Å². The number of hydrogen-bond acceptors (Lipinski definition) is 3. The van der Waals surface area contributed by atoms with Gasteiger partial charge in [0.25, 0.3) is 5.91 Å². The van der Waals surface area contributed by atoms with Crippen LogP contribution in [-0.2, 0) is 5.41 Å². The largest absolute Gasteiger partial charge is 0.388 e. The molecule has 1 amide bonds. The van der Waals surface area contributed by atoms with Crippen LogP contribution in [0.25, 0.3) is 0 Å². The minimum Gasteiger partial charge on any atom is -0.388 e. The maximum Gasteiger partial charge on any atom is 0.251 e. The van der Waals surface area contributed by atoms with Gasteiger partial charge in [0.15, 0.2) is 0 Å². The van der Waals surface area contributed by atoms with E-state index < -0.39 is 6.10 Å². The van der Waals surface area contributed by atoms with E-state index in [0.717, 1.165) is 16.8 Å². The third-order valence-electron chi connectivity index (χ3n) is 4.07. The van der Waals surface area contributed by atoms with Crippen LogP contribution in [0.5, 0.6) is 0 Å². The minimum absolute atomic E-state index is 0.118. The van der Waals surface area contributed by atoms with Gasteiger partial charge in [-0.3, -0.25) is 9.78 Å². The van der Waals surface area contributed by atoms with Crippen molar-refractivity contribution in [2.75, 3.05) is 6.54 Å². The Bertz CT molecular complexity index is 736. The fourth-order valence-electron chi connectivity index (χ4n) is 2.45. The second kappa shape index (κ2) is 7.98. The highest BCUT2D eigenvalue weighted by Crippen LogP contribution is 2.22. The summed E-state index contributed by atoms with van der Waals surface area (Å²) in [5.74, 6) is -0.145. The van der Waals surface area contributed by atoms with Gasteiger partial charge in [0.2, 0.25) is 0 Å². The fraction of sp³-hybridized carbons (Fsp3) is 0.400. The molecule has 4 nitrogen and oxygen atoms in total. The Morgan fingerprint density at radius 3 is 2.52 bits per heavy atom. The van der Waals surface area contributed by atoms with Gasteiger partial charge in [-0.25, -0.2) is 0 Å². The van der Waals surface area contributed by atoms with Crippen molar-refractivity contribution >= 4 is 17.5 Å². The van der Waals surface area contributed by atoms with Gasteiger partial charge in [-0.15, -0.1) is 0 Å². The first-order valence-corrected chi connectivity index (χ1v) is 8.75. The van der Waals surface area contributed by atoms with E-state index in [1.54, 1.807) is 30.5 Å². The van der Waals surface area contributed by atoms with Crippen molar-refractivity contribution in [1.29, 1.82) is 0 Å². The van der Waals surface area contributed by atoms with Crippen LogP contribution in [0.1, 0.15) is 60.5 Å². The lowest BCUT2D eigenvalue weighted by molar-refractivity contribution is 0.0941. The number of carbonyl (C=O) groups is 1. The van der Waals surface area contributed by atoms with E-state index >= 15 is 0 Å². The first-order valence-electron chi connectivity index (χ1n) is 8.37. The minimum atomic E-state index is -0.638. The number of carbonyl (C=O) groups excluding carboxylic acids is 1. The molecule has 0 aliphatic carbocycles. The van der Waals surface area contributed by atoms with Gasteiger partial charge < -0.3 is 10.4 Å². The fourth-order valence-corrected chi connectivity index (χ4v) is 2.57. The highest BCUT2D eigenvalue weighted by molar-refractivity contribution is 6.30. The summed E-state index contributed by atoms with van der Waals surface area (Å²) in [4.78, 5) is 16.9. The number of benzene rings is 1. The summed E-state index contributed by atoms with van der Waals surface area (Å²) in [5, 5.41) is 13.7. The molecule has 1 heterocycles. The maximum atomic E-state index is 12.5. The molecular formula is C20H25ClN2O2. The normalized spacial score (nSPS) is 12.7. The molecular weight excluding hydrogens is 336 g/mol. The number of pyridine rings is 1. The summed E-state index contributed by atoms with van der Waals surface area (Å²) < 4.78 is 0. The molecule has 2 rings (SSSR count). The quantitative estimate of drug-likeness (QED) is 0.840. The van der Waals surface area contributed by atoms with E-state index in [9.17, 15) is 9.90 Å². The standard InChI is InChI=1S/C20H25ClN2O2/c1-13-12-23-18(20(2,3)4)11-16(13)19(25)22-10-9-17(24)14-5-7-15(21)8-6-14/h5-8,11-12,17,24H,9-10H2,1-4H3,(H,22,25)/t17-/m1/s1. The number of nitrogens with one attached hydrogen (secondary N) is 1. The van der Waals surface area contributed by atoms with Crippen LogP contribution in [0.15, 0.2) is 36.5 Å². The third kappa shape index (κ3) is 5.28. The highest BCUT2D eigenvalue weighted by Gasteiger charge is 2.19. The highest BCUT2D eigenvalue weighted by atomic mass is 35.5. The number of aliphatic hydroxyl groups excluding tert-OH is 1. The molecule has 0 aliphatic rings. The molecule has 0 radical (unpaired) electrons. The Morgan fingerprint density at radius 2 is 1.92 bits per heavy atom. The van der Waals surface area contributed by atoms with E-state index in [1.807, 2.05) is 13.0 Å². The molecule has 0 spiro atoms. The molecule has 0 saturated carbocycles. The molecule has 2 N–H and O–H groups in total. The van der Waals surface area contributed by atoms with Gasteiger partial charge >= 0.3 is 0 Å². The van der Waals surface area contributed by atoms with Gasteiger partial charge in [0.05, 0.1) is 6.10 Å². The smallest absolute Gasteiger partial charge is 0.251 e. The second-order valence-corrected chi connectivity index (χ2v) is 7.68. The average molecular weight is 361 g/mol. The molecule has 2 aromatic rings. The number of aromatic nitrogens is 1. The lowest BCUT2D eigenvalue weighted by Gasteiger charge is -2.19. The zero-order chi connectivity index (χ0) is 18.6. The van der Waals surface area contributed by atoms with Crippen LogP contribution in [0.3, 0.4) is 0 Å². The molecule has 0 bridgehead atoms. The summed E-state index contributed by atoms with van der Waals surface area (Å²) in [6, 6.07) is 8.91. The van der Waals surface area contributed by atoms with Crippen LogP contribution in [0.2, 0.25) is 5.02 Å². The lowest BCUT2D eigenvalue weighted by Crippen LogP contribution is -2.27. The summed E-state index contributed by atoms with van der Waals surface area (Å²) in [5.41, 5.74) is 3.01. The number of amides is 1. The lowest BCUT2D eigenvalue weighted by atomic mass is 9.90. The Kier molecular flexibility index (Phi) is 6.20. The van der Waals surface area contributed by atoms with Gasteiger partial charge in [0.1, 0.15) is 0 Å². The topological polar surface area (TPSA) is 62.2 Å². The van der Waals surface area contributed by atoms with Crippen molar-refractivity contribution in [2.45, 2.75) is 45.6 Å². The molecule has 0 aliphatic heterocycles. The van der Waals surface area contributed by atoms with E-state index in [0.29, 0.717) is 23.6 Å². The predicted octanol–water partition coefficient (Wildman–Crippen LogP) is 4.19. The Morgan fingerprint density at radius 1 is 1.28 bits per heavy atom. The van der Waals surface area contributed by atoms with Crippen LogP contribution in [0.4, 0.5) is 0 Å². The van der Waals surface area contributed by atoms with Crippen molar-refractivity contribution in [3.8, 4) is 0 Å².